The molecule has 0 amide bonds. The van der Waals surface area contributed by atoms with E-state index in [0.717, 1.165) is 22.9 Å². The predicted octanol–water partition coefficient (Wildman–Crippen LogP) is 3.31. The van der Waals surface area contributed by atoms with Crippen LogP contribution >= 0.6 is 0 Å². The summed E-state index contributed by atoms with van der Waals surface area (Å²) < 4.78 is 66.0. The molecule has 4 rings (SSSR count). The highest BCUT2D eigenvalue weighted by atomic mass is 32.2. The van der Waals surface area contributed by atoms with Crippen LogP contribution < -0.4 is 4.31 Å². The van der Waals surface area contributed by atoms with E-state index in [9.17, 15) is 21.6 Å². The first kappa shape index (κ1) is 16.5. The Labute approximate surface area is 143 Å². The second-order valence-corrected chi connectivity index (χ2v) is 9.33. The molecule has 1 aromatic rings. The molecule has 1 heterocycles. The van der Waals surface area contributed by atoms with Crippen molar-refractivity contribution < 1.29 is 21.6 Å². The molecule has 2 bridgehead atoms. The maximum absolute atomic E-state index is 13.2. The Bertz CT molecular complexity index is 932. The Morgan fingerprint density at radius 1 is 1.32 bits per heavy atom. The standard InChI is InChI=1S/C17H15F3N2O2S/c1-16-12-4-2-10(6-12)15(16)9-22(25(16,23)24)13-5-3-11(8-21)14(7-13)17(18,19)20/h2-5,7,10,12,15H,6,9H2,1H3/t10-,12+,15-,16+/m1/s1. The minimum absolute atomic E-state index is 0.0265. The number of hydrogen-bond acceptors (Lipinski definition) is 3. The fourth-order valence-electron chi connectivity index (χ4n) is 4.63. The average molecular weight is 368 g/mol. The fourth-order valence-corrected chi connectivity index (χ4v) is 7.04. The third kappa shape index (κ3) is 1.96. The van der Waals surface area contributed by atoms with E-state index in [2.05, 4.69) is 0 Å². The molecule has 0 N–H and O–H groups in total. The molecule has 1 saturated carbocycles. The largest absolute Gasteiger partial charge is 0.417 e. The van der Waals surface area contributed by atoms with Crippen LogP contribution in [0.15, 0.2) is 30.4 Å². The van der Waals surface area contributed by atoms with Crippen molar-refractivity contribution in [1.29, 1.82) is 5.26 Å². The van der Waals surface area contributed by atoms with Crippen LogP contribution in [0.4, 0.5) is 18.9 Å². The van der Waals surface area contributed by atoms with Gasteiger partial charge >= 0.3 is 6.18 Å². The van der Waals surface area contributed by atoms with E-state index in [1.807, 2.05) is 12.2 Å². The number of rotatable bonds is 1. The summed E-state index contributed by atoms with van der Waals surface area (Å²) in [5.41, 5.74) is -1.65. The summed E-state index contributed by atoms with van der Waals surface area (Å²) in [5.74, 6) is -0.0781. The van der Waals surface area contributed by atoms with Gasteiger partial charge in [0.05, 0.1) is 27.6 Å². The summed E-state index contributed by atoms with van der Waals surface area (Å²) in [6, 6.07) is 4.61. The summed E-state index contributed by atoms with van der Waals surface area (Å²) in [4.78, 5) is 0. The van der Waals surface area contributed by atoms with Gasteiger partial charge in [-0.15, -0.1) is 0 Å². The van der Waals surface area contributed by atoms with Gasteiger partial charge in [-0.2, -0.15) is 18.4 Å². The van der Waals surface area contributed by atoms with Gasteiger partial charge in [0.25, 0.3) is 0 Å². The monoisotopic (exact) mass is 368 g/mol. The Morgan fingerprint density at radius 2 is 2.04 bits per heavy atom. The van der Waals surface area contributed by atoms with E-state index < -0.39 is 32.1 Å². The van der Waals surface area contributed by atoms with Gasteiger partial charge in [0, 0.05) is 12.5 Å². The first-order valence-corrected chi connectivity index (χ1v) is 9.36. The van der Waals surface area contributed by atoms with E-state index in [1.165, 1.54) is 12.1 Å². The van der Waals surface area contributed by atoms with Crippen LogP contribution in [0, 0.1) is 29.1 Å². The van der Waals surface area contributed by atoms with Crippen molar-refractivity contribution in [3.63, 3.8) is 0 Å². The van der Waals surface area contributed by atoms with Crippen LogP contribution in [0.1, 0.15) is 24.5 Å². The number of halogens is 3. The molecule has 0 radical (unpaired) electrons. The number of fused-ring (bicyclic) bond motifs is 5. The molecule has 1 saturated heterocycles. The average Bonchev–Trinajstić information content (AvgIpc) is 3.17. The third-order valence-corrected chi connectivity index (χ3v) is 8.69. The van der Waals surface area contributed by atoms with Crippen molar-refractivity contribution in [2.45, 2.75) is 24.3 Å². The van der Waals surface area contributed by atoms with Gasteiger partial charge in [0.15, 0.2) is 0 Å². The first-order chi connectivity index (χ1) is 11.6. The van der Waals surface area contributed by atoms with Gasteiger partial charge in [-0.05, 0) is 43.4 Å². The highest BCUT2D eigenvalue weighted by molar-refractivity contribution is 7.94. The van der Waals surface area contributed by atoms with Crippen molar-refractivity contribution in [2.75, 3.05) is 10.8 Å². The van der Waals surface area contributed by atoms with Crippen LogP contribution in [0.3, 0.4) is 0 Å². The Balaban J connectivity index is 1.82. The Hall–Kier alpha value is -2.01. The molecular weight excluding hydrogens is 353 g/mol. The van der Waals surface area contributed by atoms with Crippen molar-refractivity contribution >= 4 is 15.7 Å². The number of hydrogen-bond donors (Lipinski definition) is 0. The molecule has 1 aromatic carbocycles. The fraction of sp³-hybridized carbons (Fsp3) is 0.471. The van der Waals surface area contributed by atoms with Crippen LogP contribution in [0.2, 0.25) is 0 Å². The Morgan fingerprint density at radius 3 is 2.64 bits per heavy atom. The summed E-state index contributed by atoms with van der Waals surface area (Å²) in [6.07, 6.45) is 0.0124. The van der Waals surface area contributed by atoms with Gasteiger partial charge in [0.1, 0.15) is 0 Å². The van der Waals surface area contributed by atoms with Gasteiger partial charge in [-0.25, -0.2) is 8.42 Å². The van der Waals surface area contributed by atoms with E-state index in [1.54, 1.807) is 6.92 Å². The zero-order chi connectivity index (χ0) is 18.2. The zero-order valence-electron chi connectivity index (χ0n) is 13.3. The quantitative estimate of drug-likeness (QED) is 0.715. The summed E-state index contributed by atoms with van der Waals surface area (Å²) in [7, 11) is -3.80. The van der Waals surface area contributed by atoms with Crippen molar-refractivity contribution in [2.24, 2.45) is 17.8 Å². The number of allylic oxidation sites excluding steroid dienone is 2. The Kier molecular flexibility index (Phi) is 3.15. The van der Waals surface area contributed by atoms with Gasteiger partial charge < -0.3 is 0 Å². The molecule has 0 unspecified atom stereocenters. The van der Waals surface area contributed by atoms with Crippen LogP contribution in [0.25, 0.3) is 0 Å². The molecule has 132 valence electrons. The zero-order valence-corrected chi connectivity index (χ0v) is 14.1. The molecule has 0 aromatic heterocycles. The minimum Gasteiger partial charge on any atom is -0.269 e. The lowest BCUT2D eigenvalue weighted by molar-refractivity contribution is -0.137. The number of nitriles is 1. The smallest absolute Gasteiger partial charge is 0.269 e. The lowest BCUT2D eigenvalue weighted by Gasteiger charge is -2.30. The van der Waals surface area contributed by atoms with Crippen LogP contribution in [0.5, 0.6) is 0 Å². The molecule has 4 nitrogen and oxygen atoms in total. The first-order valence-electron chi connectivity index (χ1n) is 7.92. The van der Waals surface area contributed by atoms with Gasteiger partial charge in [-0.3, -0.25) is 4.31 Å². The number of benzene rings is 1. The molecule has 4 atom stereocenters. The van der Waals surface area contributed by atoms with Crippen molar-refractivity contribution in [3.8, 4) is 6.07 Å². The van der Waals surface area contributed by atoms with Crippen molar-refractivity contribution in [3.05, 3.63) is 41.5 Å². The number of alkyl halides is 3. The number of nitrogens with zero attached hydrogens (tertiary/aromatic N) is 2. The van der Waals surface area contributed by atoms with Crippen molar-refractivity contribution in [1.82, 2.24) is 0 Å². The van der Waals surface area contributed by atoms with E-state index in [4.69, 9.17) is 5.26 Å². The van der Waals surface area contributed by atoms with E-state index in [0.29, 0.717) is 0 Å². The highest BCUT2D eigenvalue weighted by Crippen LogP contribution is 2.59. The number of anilines is 1. The summed E-state index contributed by atoms with van der Waals surface area (Å²) in [6.45, 7) is 1.88. The molecule has 0 spiro atoms. The highest BCUT2D eigenvalue weighted by Gasteiger charge is 2.66. The second-order valence-electron chi connectivity index (χ2n) is 7.06. The molecular formula is C17H15F3N2O2S. The lowest BCUT2D eigenvalue weighted by atomic mass is 9.83. The molecule has 2 fully saturated rings. The topological polar surface area (TPSA) is 61.2 Å². The minimum atomic E-state index is -4.72. The predicted molar refractivity (Wildman–Crippen MR) is 85.1 cm³/mol. The molecule has 8 heteroatoms. The van der Waals surface area contributed by atoms with E-state index >= 15 is 0 Å². The van der Waals surface area contributed by atoms with E-state index in [-0.39, 0.29) is 30.0 Å². The molecule has 3 aliphatic rings. The SMILES string of the molecule is C[C@]12[C@H](CN(c3ccc(C#N)c(C(F)(F)F)c3)S1(=O)=O)[C@@H]1C=C[C@H]2C1. The molecule has 25 heavy (non-hydrogen) atoms. The van der Waals surface area contributed by atoms with Crippen LogP contribution in [-0.4, -0.2) is 19.7 Å². The second kappa shape index (κ2) is 4.79. The lowest BCUT2D eigenvalue weighted by Crippen LogP contribution is -2.43. The maximum Gasteiger partial charge on any atom is 0.417 e. The van der Waals surface area contributed by atoms with Crippen LogP contribution in [-0.2, 0) is 16.2 Å². The third-order valence-electron chi connectivity index (χ3n) is 6.03. The number of sulfonamides is 1. The summed E-state index contributed by atoms with van der Waals surface area (Å²) >= 11 is 0. The molecule has 1 aliphatic heterocycles. The summed E-state index contributed by atoms with van der Waals surface area (Å²) in [5, 5.41) is 8.90. The van der Waals surface area contributed by atoms with Gasteiger partial charge in [0.2, 0.25) is 10.0 Å². The molecule has 2 aliphatic carbocycles. The maximum atomic E-state index is 13.2. The van der Waals surface area contributed by atoms with Gasteiger partial charge in [-0.1, -0.05) is 12.2 Å². The normalized spacial score (nSPS) is 35.0.